The first-order chi connectivity index (χ1) is 13.3. The molecule has 0 aromatic heterocycles. The van der Waals surface area contributed by atoms with Crippen molar-refractivity contribution in [3.05, 3.63) is 29.8 Å². The maximum Gasteiger partial charge on any atom is 0.321 e. The number of esters is 1. The van der Waals surface area contributed by atoms with Crippen molar-refractivity contribution < 1.29 is 23.9 Å². The standard InChI is InChI=1S/C20H27N3O5/c1-4-13(3)21-20(27)22-17(24)12-28-19(26)15-10-18(25)23(11-15)16-9-7-6-8-14(16)5-2/h6-9,13,15H,4-5,10-12H2,1-3H3,(H2,21,22,24,27)/t13-,15-/m0/s1. The molecule has 2 N–H and O–H groups in total. The Bertz CT molecular complexity index is 749. The lowest BCUT2D eigenvalue weighted by atomic mass is 10.1. The van der Waals surface area contributed by atoms with Crippen molar-refractivity contribution in [2.24, 2.45) is 5.92 Å². The normalized spacial score (nSPS) is 17.2. The molecule has 2 rings (SSSR count). The smallest absolute Gasteiger partial charge is 0.321 e. The summed E-state index contributed by atoms with van der Waals surface area (Å²) in [6.07, 6.45) is 1.53. The molecule has 0 unspecified atom stereocenters. The molecule has 1 fully saturated rings. The van der Waals surface area contributed by atoms with Crippen LogP contribution >= 0.6 is 0 Å². The van der Waals surface area contributed by atoms with Crippen LogP contribution in [0.25, 0.3) is 0 Å². The number of nitrogens with one attached hydrogen (secondary N) is 2. The number of ether oxygens (including phenoxy) is 1. The van der Waals surface area contributed by atoms with Crippen molar-refractivity contribution in [1.29, 1.82) is 0 Å². The van der Waals surface area contributed by atoms with Gasteiger partial charge in [0.05, 0.1) is 5.92 Å². The highest BCUT2D eigenvalue weighted by atomic mass is 16.5. The predicted molar refractivity (Wildman–Crippen MR) is 104 cm³/mol. The van der Waals surface area contributed by atoms with E-state index in [2.05, 4.69) is 10.6 Å². The van der Waals surface area contributed by atoms with Gasteiger partial charge in [-0.1, -0.05) is 32.0 Å². The van der Waals surface area contributed by atoms with Gasteiger partial charge in [0, 0.05) is 24.7 Å². The summed E-state index contributed by atoms with van der Waals surface area (Å²) in [5.41, 5.74) is 1.82. The van der Waals surface area contributed by atoms with Gasteiger partial charge < -0.3 is 15.0 Å². The van der Waals surface area contributed by atoms with Crippen LogP contribution in [0.4, 0.5) is 10.5 Å². The van der Waals surface area contributed by atoms with Gasteiger partial charge in [-0.25, -0.2) is 4.79 Å². The van der Waals surface area contributed by atoms with Crippen LogP contribution in [0.15, 0.2) is 24.3 Å². The molecule has 2 atom stereocenters. The fourth-order valence-corrected chi connectivity index (χ4v) is 2.95. The van der Waals surface area contributed by atoms with Crippen molar-refractivity contribution in [2.75, 3.05) is 18.1 Å². The van der Waals surface area contributed by atoms with Crippen molar-refractivity contribution in [3.8, 4) is 0 Å². The summed E-state index contributed by atoms with van der Waals surface area (Å²) in [5, 5.41) is 4.69. The second-order valence-electron chi connectivity index (χ2n) is 6.83. The van der Waals surface area contributed by atoms with E-state index in [4.69, 9.17) is 4.74 Å². The average Bonchev–Trinajstić information content (AvgIpc) is 3.07. The second-order valence-corrected chi connectivity index (χ2v) is 6.83. The van der Waals surface area contributed by atoms with Crippen LogP contribution < -0.4 is 15.5 Å². The van der Waals surface area contributed by atoms with Gasteiger partial charge in [0.1, 0.15) is 0 Å². The molecule has 0 spiro atoms. The molecule has 8 nitrogen and oxygen atoms in total. The number of hydrogen-bond donors (Lipinski definition) is 2. The van der Waals surface area contributed by atoms with Crippen LogP contribution in [0.2, 0.25) is 0 Å². The summed E-state index contributed by atoms with van der Waals surface area (Å²) in [7, 11) is 0. The summed E-state index contributed by atoms with van der Waals surface area (Å²) in [4.78, 5) is 49.5. The number of carbonyl (C=O) groups is 4. The van der Waals surface area contributed by atoms with Gasteiger partial charge in [0.25, 0.3) is 5.91 Å². The van der Waals surface area contributed by atoms with E-state index in [1.807, 2.05) is 45.0 Å². The highest BCUT2D eigenvalue weighted by molar-refractivity contribution is 6.00. The fraction of sp³-hybridized carbons (Fsp3) is 0.500. The molecular formula is C20H27N3O5. The van der Waals surface area contributed by atoms with Crippen molar-refractivity contribution in [1.82, 2.24) is 10.6 Å². The Kier molecular flexibility index (Phi) is 7.54. The molecule has 28 heavy (non-hydrogen) atoms. The highest BCUT2D eigenvalue weighted by Crippen LogP contribution is 2.29. The third-order valence-corrected chi connectivity index (χ3v) is 4.71. The van der Waals surface area contributed by atoms with Gasteiger partial charge in [-0.3, -0.25) is 19.7 Å². The van der Waals surface area contributed by atoms with Crippen LogP contribution in [-0.2, 0) is 25.5 Å². The van der Waals surface area contributed by atoms with E-state index >= 15 is 0 Å². The third-order valence-electron chi connectivity index (χ3n) is 4.71. The van der Waals surface area contributed by atoms with E-state index in [0.29, 0.717) is 0 Å². The minimum Gasteiger partial charge on any atom is -0.455 e. The predicted octanol–water partition coefficient (Wildman–Crippen LogP) is 1.77. The molecule has 1 aliphatic rings. The summed E-state index contributed by atoms with van der Waals surface area (Å²) >= 11 is 0. The zero-order chi connectivity index (χ0) is 20.7. The van der Waals surface area contributed by atoms with Gasteiger partial charge >= 0.3 is 12.0 Å². The molecule has 1 aliphatic heterocycles. The summed E-state index contributed by atoms with van der Waals surface area (Å²) in [6, 6.07) is 6.86. The number of rotatable bonds is 7. The minimum atomic E-state index is -0.716. The Balaban J connectivity index is 1.86. The lowest BCUT2D eigenvalue weighted by Gasteiger charge is -2.19. The van der Waals surface area contributed by atoms with Crippen LogP contribution in [-0.4, -0.2) is 43.0 Å². The molecule has 1 aromatic rings. The number of amides is 4. The Morgan fingerprint density at radius 2 is 1.96 bits per heavy atom. The third kappa shape index (κ3) is 5.55. The average molecular weight is 389 g/mol. The topological polar surface area (TPSA) is 105 Å². The zero-order valence-corrected chi connectivity index (χ0v) is 16.5. The van der Waals surface area contributed by atoms with E-state index in [1.165, 1.54) is 0 Å². The molecule has 0 aliphatic carbocycles. The maximum atomic E-state index is 12.4. The number of aryl methyl sites for hydroxylation is 1. The van der Waals surface area contributed by atoms with E-state index < -0.39 is 30.4 Å². The van der Waals surface area contributed by atoms with Crippen molar-refractivity contribution in [3.63, 3.8) is 0 Å². The van der Waals surface area contributed by atoms with Crippen LogP contribution in [0.1, 0.15) is 39.2 Å². The molecule has 8 heteroatoms. The molecule has 1 saturated heterocycles. The molecule has 0 saturated carbocycles. The van der Waals surface area contributed by atoms with E-state index in [1.54, 1.807) is 4.90 Å². The molecule has 4 amide bonds. The van der Waals surface area contributed by atoms with E-state index in [-0.39, 0.29) is 24.9 Å². The van der Waals surface area contributed by atoms with Crippen LogP contribution in [0.3, 0.4) is 0 Å². The van der Waals surface area contributed by atoms with Gasteiger partial charge in [0.15, 0.2) is 6.61 Å². The summed E-state index contributed by atoms with van der Waals surface area (Å²) < 4.78 is 5.00. The van der Waals surface area contributed by atoms with Crippen LogP contribution in [0, 0.1) is 5.92 Å². The first-order valence-electron chi connectivity index (χ1n) is 9.50. The number of carbonyl (C=O) groups excluding carboxylic acids is 4. The monoisotopic (exact) mass is 389 g/mol. The van der Waals surface area contributed by atoms with Crippen molar-refractivity contribution in [2.45, 2.75) is 46.1 Å². The second kappa shape index (κ2) is 9.87. The summed E-state index contributed by atoms with van der Waals surface area (Å²) in [5.74, 6) is -2.13. The Morgan fingerprint density at radius 1 is 1.25 bits per heavy atom. The first-order valence-corrected chi connectivity index (χ1v) is 9.50. The molecule has 1 aromatic carbocycles. The Labute approximate surface area is 164 Å². The molecule has 0 bridgehead atoms. The Morgan fingerprint density at radius 3 is 2.64 bits per heavy atom. The maximum absolute atomic E-state index is 12.4. The lowest BCUT2D eigenvalue weighted by molar-refractivity contribution is -0.152. The number of urea groups is 1. The summed E-state index contributed by atoms with van der Waals surface area (Å²) in [6.45, 7) is 5.36. The highest BCUT2D eigenvalue weighted by Gasteiger charge is 2.37. The lowest BCUT2D eigenvalue weighted by Crippen LogP contribution is -2.44. The number of hydrogen-bond acceptors (Lipinski definition) is 5. The van der Waals surface area contributed by atoms with Crippen LogP contribution in [0.5, 0.6) is 0 Å². The number of anilines is 1. The number of benzene rings is 1. The molecular weight excluding hydrogens is 362 g/mol. The molecule has 152 valence electrons. The Hall–Kier alpha value is -2.90. The fourth-order valence-electron chi connectivity index (χ4n) is 2.95. The van der Waals surface area contributed by atoms with Gasteiger partial charge in [0.2, 0.25) is 5.91 Å². The quantitative estimate of drug-likeness (QED) is 0.692. The van der Waals surface area contributed by atoms with E-state index in [9.17, 15) is 19.2 Å². The van der Waals surface area contributed by atoms with E-state index in [0.717, 1.165) is 24.1 Å². The number of imide groups is 1. The minimum absolute atomic E-state index is 0.0347. The molecule has 1 heterocycles. The zero-order valence-electron chi connectivity index (χ0n) is 16.5. The van der Waals surface area contributed by atoms with Crippen molar-refractivity contribution >= 4 is 29.5 Å². The largest absolute Gasteiger partial charge is 0.455 e. The van der Waals surface area contributed by atoms with Gasteiger partial charge in [-0.15, -0.1) is 0 Å². The first kappa shape index (κ1) is 21.4. The number of nitrogens with zero attached hydrogens (tertiary/aromatic N) is 1. The molecule has 0 radical (unpaired) electrons. The van der Waals surface area contributed by atoms with Gasteiger partial charge in [-0.05, 0) is 31.4 Å². The van der Waals surface area contributed by atoms with Gasteiger partial charge in [-0.2, -0.15) is 0 Å². The number of para-hydroxylation sites is 1. The SMILES string of the molecule is CCc1ccccc1N1C[C@@H](C(=O)OCC(=O)NC(=O)N[C@@H](C)CC)CC1=O.